The lowest BCUT2D eigenvalue weighted by Gasteiger charge is -2.41. The van der Waals surface area contributed by atoms with Crippen molar-refractivity contribution in [1.82, 2.24) is 30.1 Å². The molecule has 1 spiro atoms. The fraction of sp³-hybridized carbons (Fsp3) is 0.500. The molecule has 0 aliphatic carbocycles. The lowest BCUT2D eigenvalue weighted by Crippen LogP contribution is -2.60. The third kappa shape index (κ3) is 5.76. The third-order valence-corrected chi connectivity index (χ3v) is 10.9. The van der Waals surface area contributed by atoms with Crippen molar-refractivity contribution in [2.24, 2.45) is 0 Å². The highest BCUT2D eigenvalue weighted by Gasteiger charge is 2.49. The third-order valence-electron chi connectivity index (χ3n) is 10.9. The topological polar surface area (TPSA) is 116 Å². The fourth-order valence-corrected chi connectivity index (χ4v) is 8.37. The average molecular weight is 692 g/mol. The van der Waals surface area contributed by atoms with Crippen molar-refractivity contribution < 1.29 is 32.5 Å². The Labute approximate surface area is 287 Å². The largest absolute Gasteiger partial charge is 0.508 e. The molecule has 4 aromatic rings. The molecule has 264 valence electrons. The number of amides is 1. The lowest BCUT2D eigenvalue weighted by molar-refractivity contribution is -0.131. The number of anilines is 1. The van der Waals surface area contributed by atoms with Gasteiger partial charge in [-0.25, -0.2) is 13.2 Å². The molecule has 0 saturated carbocycles. The molecule has 6 heterocycles. The van der Waals surface area contributed by atoms with Gasteiger partial charge in [-0.3, -0.25) is 14.7 Å². The molecule has 3 saturated heterocycles. The van der Waals surface area contributed by atoms with Crippen LogP contribution in [0.4, 0.5) is 19.0 Å². The van der Waals surface area contributed by atoms with Crippen LogP contribution in [0.25, 0.3) is 32.9 Å². The highest BCUT2D eigenvalue weighted by Crippen LogP contribution is 2.42. The van der Waals surface area contributed by atoms with E-state index in [-0.39, 0.29) is 75.5 Å². The minimum absolute atomic E-state index is 0.00203. The molecule has 8 rings (SSSR count). The van der Waals surface area contributed by atoms with Crippen LogP contribution in [-0.4, -0.2) is 112 Å². The maximum Gasteiger partial charge on any atom is 0.319 e. The molecule has 14 heteroatoms. The van der Waals surface area contributed by atoms with E-state index in [0.717, 1.165) is 44.8 Å². The van der Waals surface area contributed by atoms with Crippen LogP contribution in [-0.2, 0) is 9.53 Å². The Hall–Kier alpha value is -4.27. The molecule has 2 N–H and O–H groups in total. The highest BCUT2D eigenvalue weighted by atomic mass is 19.2. The van der Waals surface area contributed by atoms with Gasteiger partial charge in [0.1, 0.15) is 29.4 Å². The molecule has 4 aliphatic heterocycles. The zero-order valence-corrected chi connectivity index (χ0v) is 28.1. The molecule has 11 nitrogen and oxygen atoms in total. The van der Waals surface area contributed by atoms with E-state index in [0.29, 0.717) is 43.9 Å². The summed E-state index contributed by atoms with van der Waals surface area (Å²) in [5, 5.41) is 14.4. The number of aromatic hydroxyl groups is 1. The summed E-state index contributed by atoms with van der Waals surface area (Å²) in [6, 6.07) is 4.66. The van der Waals surface area contributed by atoms with Crippen LogP contribution in [0.15, 0.2) is 30.5 Å². The second kappa shape index (κ2) is 12.8. The van der Waals surface area contributed by atoms with E-state index in [9.17, 15) is 14.3 Å². The first-order valence-electron chi connectivity index (χ1n) is 17.3. The van der Waals surface area contributed by atoms with E-state index in [1.807, 2.05) is 0 Å². The number of hydrogen-bond acceptors (Lipinski definition) is 10. The lowest BCUT2D eigenvalue weighted by atomic mass is 9.94. The van der Waals surface area contributed by atoms with Crippen LogP contribution in [0.2, 0.25) is 0 Å². The number of hydrogen-bond donors (Lipinski definition) is 2. The van der Waals surface area contributed by atoms with Gasteiger partial charge in [0.05, 0.1) is 30.1 Å². The smallest absolute Gasteiger partial charge is 0.319 e. The highest BCUT2D eigenvalue weighted by molar-refractivity contribution is 6.00. The summed E-state index contributed by atoms with van der Waals surface area (Å²) < 4.78 is 59.2. The minimum atomic E-state index is -1.17. The van der Waals surface area contributed by atoms with Crippen LogP contribution < -0.4 is 15.0 Å². The number of pyridine rings is 1. The average Bonchev–Trinajstić information content (AvgIpc) is 3.65. The molecule has 4 aliphatic rings. The van der Waals surface area contributed by atoms with Crippen molar-refractivity contribution in [3.8, 4) is 23.0 Å². The van der Waals surface area contributed by atoms with Crippen molar-refractivity contribution in [1.29, 1.82) is 0 Å². The van der Waals surface area contributed by atoms with Crippen molar-refractivity contribution >= 4 is 33.4 Å². The Kier molecular flexibility index (Phi) is 8.43. The van der Waals surface area contributed by atoms with Gasteiger partial charge in [-0.05, 0) is 55.8 Å². The van der Waals surface area contributed by atoms with Crippen molar-refractivity contribution in [2.45, 2.75) is 62.8 Å². The summed E-state index contributed by atoms with van der Waals surface area (Å²) in [4.78, 5) is 33.2. The number of ether oxygens (including phenoxy) is 2. The Morgan fingerprint density at radius 1 is 1.10 bits per heavy atom. The predicted molar refractivity (Wildman–Crippen MR) is 181 cm³/mol. The van der Waals surface area contributed by atoms with E-state index in [1.165, 1.54) is 24.4 Å². The van der Waals surface area contributed by atoms with E-state index in [2.05, 4.69) is 32.0 Å². The Bertz CT molecular complexity index is 1980. The number of aromatic nitrogens is 3. The molecular weight excluding hydrogens is 651 g/mol. The second-order valence-electron chi connectivity index (χ2n) is 14.1. The molecule has 1 amide bonds. The van der Waals surface area contributed by atoms with Crippen LogP contribution in [0.5, 0.6) is 11.8 Å². The number of fused-ring (bicyclic) bond motifs is 9. The van der Waals surface area contributed by atoms with Crippen LogP contribution in [0.1, 0.15) is 39.0 Å². The van der Waals surface area contributed by atoms with E-state index >= 15 is 8.78 Å². The monoisotopic (exact) mass is 691 g/mol. The van der Waals surface area contributed by atoms with Gasteiger partial charge in [0, 0.05) is 62.5 Å². The Morgan fingerprint density at radius 2 is 1.96 bits per heavy atom. The predicted octanol–water partition coefficient (Wildman–Crippen LogP) is 4.39. The number of rotatable bonds is 2. The Balaban J connectivity index is 1.28. The van der Waals surface area contributed by atoms with Gasteiger partial charge in [-0.15, -0.1) is 0 Å². The molecule has 0 radical (unpaired) electrons. The van der Waals surface area contributed by atoms with Crippen molar-refractivity contribution in [3.63, 3.8) is 0 Å². The SMILES string of the molecule is CC[C@H]1CN2CC(CN(C)C(=O)CCO[C@H]3CN4CCC[C@]4(COc4nc2c2cnc(-c5cc(O)cc6ccc(F)c(F)c56)c(F)c2n4)C3)N1. The normalized spacial score (nSPS) is 26.3. The summed E-state index contributed by atoms with van der Waals surface area (Å²) in [5.41, 5.74) is -0.805. The number of phenols is 1. The van der Waals surface area contributed by atoms with Crippen LogP contribution >= 0.6 is 0 Å². The van der Waals surface area contributed by atoms with Gasteiger partial charge in [-0.2, -0.15) is 9.97 Å². The summed E-state index contributed by atoms with van der Waals surface area (Å²) >= 11 is 0. The number of halogens is 3. The van der Waals surface area contributed by atoms with E-state index < -0.39 is 17.5 Å². The molecule has 50 heavy (non-hydrogen) atoms. The first kappa shape index (κ1) is 32.9. The van der Waals surface area contributed by atoms with Gasteiger partial charge in [0.25, 0.3) is 0 Å². The molecular formula is C36H40F3N7O4. The van der Waals surface area contributed by atoms with Gasteiger partial charge in [0.15, 0.2) is 17.5 Å². The zero-order chi connectivity index (χ0) is 34.7. The summed E-state index contributed by atoms with van der Waals surface area (Å²) in [5.74, 6) is -2.98. The van der Waals surface area contributed by atoms with E-state index in [1.54, 1.807) is 11.9 Å². The van der Waals surface area contributed by atoms with Gasteiger partial charge < -0.3 is 29.7 Å². The number of carbonyl (C=O) groups is 1. The molecule has 2 aromatic heterocycles. The quantitative estimate of drug-likeness (QED) is 0.314. The van der Waals surface area contributed by atoms with Crippen LogP contribution in [0.3, 0.4) is 0 Å². The fourth-order valence-electron chi connectivity index (χ4n) is 8.37. The number of nitrogens with zero attached hydrogens (tertiary/aromatic N) is 6. The van der Waals surface area contributed by atoms with Crippen molar-refractivity contribution in [3.05, 3.63) is 47.9 Å². The number of carbonyl (C=O) groups excluding carboxylic acids is 1. The summed E-state index contributed by atoms with van der Waals surface area (Å²) in [6.45, 7) is 5.76. The number of likely N-dealkylation sites (N-methyl/N-ethyl adjacent to an activating group) is 1. The molecule has 1 unspecified atom stereocenters. The zero-order valence-electron chi connectivity index (χ0n) is 28.1. The molecule has 6 bridgehead atoms. The second-order valence-corrected chi connectivity index (χ2v) is 14.1. The number of benzene rings is 2. The van der Waals surface area contributed by atoms with Crippen LogP contribution in [0, 0.1) is 17.5 Å². The number of phenolic OH excluding ortho intramolecular Hbond substituents is 1. The van der Waals surface area contributed by atoms with E-state index in [4.69, 9.17) is 14.5 Å². The molecule has 2 aromatic carbocycles. The van der Waals surface area contributed by atoms with Gasteiger partial charge in [0.2, 0.25) is 5.91 Å². The molecule has 4 atom stereocenters. The standard InChI is InChI=1S/C36H40F3N7O4/c1-3-21-16-45-17-22(41-21)15-44(2)28(48)7-10-49-24-13-36(8-4-9-46(36)18-24)19-50-35-42-33-26(34(45)43-35)14-40-32(31(33)39)25-12-23(47)11-20-5-6-27(37)30(38)29(20)25/h5-6,11-12,14,21-22,24,41,47H,3-4,7-10,13,15-19H2,1-2H3/t21-,22?,24+,36+/m0/s1. The summed E-state index contributed by atoms with van der Waals surface area (Å²) in [7, 11) is 1.80. The molecule has 3 fully saturated rings. The maximum atomic E-state index is 16.9. The first-order chi connectivity index (χ1) is 24.1. The van der Waals surface area contributed by atoms with Crippen molar-refractivity contribution in [2.75, 3.05) is 57.9 Å². The van der Waals surface area contributed by atoms with Gasteiger partial charge in [-0.1, -0.05) is 13.0 Å². The maximum absolute atomic E-state index is 16.9. The van der Waals surface area contributed by atoms with Gasteiger partial charge >= 0.3 is 6.01 Å². The minimum Gasteiger partial charge on any atom is -0.508 e. The number of piperazine rings is 1. The number of nitrogens with one attached hydrogen (secondary N) is 1. The first-order valence-corrected chi connectivity index (χ1v) is 17.3. The Morgan fingerprint density at radius 3 is 2.80 bits per heavy atom. The summed E-state index contributed by atoms with van der Waals surface area (Å²) in [6.07, 6.45) is 5.10.